The van der Waals surface area contributed by atoms with E-state index in [-0.39, 0.29) is 23.3 Å². The van der Waals surface area contributed by atoms with Crippen molar-refractivity contribution in [2.45, 2.75) is 32.6 Å². The van der Waals surface area contributed by atoms with Crippen LogP contribution in [0.15, 0.2) is 39.7 Å². The van der Waals surface area contributed by atoms with E-state index < -0.39 is 0 Å². The first-order valence-corrected chi connectivity index (χ1v) is 9.71. The van der Waals surface area contributed by atoms with Crippen molar-refractivity contribution in [2.75, 3.05) is 10.6 Å². The number of carbonyl (C=O) groups excluding carboxylic acids is 1. The van der Waals surface area contributed by atoms with Crippen LogP contribution in [0.2, 0.25) is 0 Å². The lowest BCUT2D eigenvalue weighted by Crippen LogP contribution is -2.19. The lowest BCUT2D eigenvalue weighted by atomic mass is 10.1. The van der Waals surface area contributed by atoms with Gasteiger partial charge >= 0.3 is 0 Å². The van der Waals surface area contributed by atoms with Gasteiger partial charge in [-0.3, -0.25) is 14.6 Å². The number of nitrogens with zero attached hydrogens (tertiary/aromatic N) is 3. The van der Waals surface area contributed by atoms with Crippen LogP contribution in [0.4, 0.5) is 5.82 Å². The zero-order chi connectivity index (χ0) is 19.4. The minimum Gasteiger partial charge on any atom is -0.463 e. The van der Waals surface area contributed by atoms with Crippen LogP contribution in [0.1, 0.15) is 38.3 Å². The van der Waals surface area contributed by atoms with Gasteiger partial charge in [0.15, 0.2) is 5.76 Å². The minimum absolute atomic E-state index is 0.0723. The Labute approximate surface area is 164 Å². The molecule has 2 N–H and O–H groups in total. The topological polar surface area (TPSA) is 106 Å². The van der Waals surface area contributed by atoms with Crippen molar-refractivity contribution in [3.05, 3.63) is 46.6 Å². The van der Waals surface area contributed by atoms with Gasteiger partial charge in [-0.2, -0.15) is 9.78 Å². The van der Waals surface area contributed by atoms with Gasteiger partial charge in [-0.05, 0) is 24.5 Å². The molecule has 3 aromatic heterocycles. The number of hydrogen-bond donors (Lipinski definition) is 2. The predicted molar refractivity (Wildman–Crippen MR) is 105 cm³/mol. The van der Waals surface area contributed by atoms with E-state index in [2.05, 4.69) is 36.3 Å². The normalized spacial score (nSPS) is 11.1. The first-order chi connectivity index (χ1) is 13.0. The molecule has 0 bridgehead atoms. The molecule has 0 aliphatic rings. The monoisotopic (exact) mass is 433 g/mol. The van der Waals surface area contributed by atoms with Crippen LogP contribution in [0.5, 0.6) is 0 Å². The summed E-state index contributed by atoms with van der Waals surface area (Å²) in [6, 6.07) is 6.66. The number of rotatable bonds is 7. The highest BCUT2D eigenvalue weighted by Crippen LogP contribution is 2.24. The second-order valence-corrected chi connectivity index (χ2v) is 7.09. The molecule has 0 radical (unpaired) electrons. The number of amides is 1. The van der Waals surface area contributed by atoms with Crippen molar-refractivity contribution in [3.63, 3.8) is 0 Å². The van der Waals surface area contributed by atoms with Crippen LogP contribution in [0.25, 0.3) is 17.4 Å². The predicted octanol–water partition coefficient (Wildman–Crippen LogP) is 3.45. The fourth-order valence-electron chi connectivity index (χ4n) is 2.47. The Kier molecular flexibility index (Phi) is 5.90. The number of H-pyrrole nitrogens is 1. The van der Waals surface area contributed by atoms with Gasteiger partial charge in [-0.15, -0.1) is 0 Å². The molecule has 9 heteroatoms. The number of furan rings is 1. The van der Waals surface area contributed by atoms with E-state index in [0.717, 1.165) is 5.33 Å². The summed E-state index contributed by atoms with van der Waals surface area (Å²) in [6.07, 6.45) is 2.62. The van der Waals surface area contributed by atoms with Gasteiger partial charge in [-0.1, -0.05) is 29.8 Å². The van der Waals surface area contributed by atoms with Crippen molar-refractivity contribution in [2.24, 2.45) is 0 Å². The molecule has 0 fully saturated rings. The molecular formula is C18H20BrN5O3. The molecule has 3 heterocycles. The molecule has 0 unspecified atom stereocenters. The fourth-order valence-corrected chi connectivity index (χ4v) is 2.75. The standard InChI is InChI=1S/C18H20BrN5O3/c1-11(2)12-10-17(26)22-18(20-12)24-15(21-16(25)6-3-7-19)9-13(23-24)14-5-4-8-27-14/h4-5,8-11H,3,6-7H2,1-2H3,(H,21,25)(H,20,22,26). The Bertz CT molecular complexity index is 975. The number of alkyl halides is 1. The van der Waals surface area contributed by atoms with Gasteiger partial charge in [-0.25, -0.2) is 4.98 Å². The average molecular weight is 434 g/mol. The summed E-state index contributed by atoms with van der Waals surface area (Å²) in [5.74, 6) is 1.11. The lowest BCUT2D eigenvalue weighted by molar-refractivity contribution is -0.116. The van der Waals surface area contributed by atoms with Crippen LogP contribution < -0.4 is 10.9 Å². The van der Waals surface area contributed by atoms with E-state index >= 15 is 0 Å². The van der Waals surface area contributed by atoms with Crippen molar-refractivity contribution >= 4 is 27.7 Å². The third kappa shape index (κ3) is 4.54. The third-order valence-electron chi connectivity index (χ3n) is 3.83. The highest BCUT2D eigenvalue weighted by molar-refractivity contribution is 9.09. The molecular weight excluding hydrogens is 414 g/mol. The number of anilines is 1. The summed E-state index contributed by atoms with van der Waals surface area (Å²) in [5, 5.41) is 8.03. The SMILES string of the molecule is CC(C)c1cc(=O)[nH]c(-n2nc(-c3ccco3)cc2NC(=O)CCCBr)n1. The van der Waals surface area contributed by atoms with Crippen LogP contribution in [0, 0.1) is 0 Å². The maximum atomic E-state index is 12.2. The van der Waals surface area contributed by atoms with Crippen LogP contribution >= 0.6 is 15.9 Å². The minimum atomic E-state index is -0.282. The molecule has 3 aromatic rings. The Morgan fingerprint density at radius 1 is 1.41 bits per heavy atom. The molecule has 27 heavy (non-hydrogen) atoms. The van der Waals surface area contributed by atoms with Crippen LogP contribution in [-0.4, -0.2) is 31.0 Å². The average Bonchev–Trinajstić information content (AvgIpc) is 3.29. The first-order valence-electron chi connectivity index (χ1n) is 8.59. The van der Waals surface area contributed by atoms with Crippen molar-refractivity contribution in [1.29, 1.82) is 0 Å². The van der Waals surface area contributed by atoms with Crippen molar-refractivity contribution in [1.82, 2.24) is 19.7 Å². The highest BCUT2D eigenvalue weighted by Gasteiger charge is 2.17. The zero-order valence-electron chi connectivity index (χ0n) is 15.0. The second-order valence-electron chi connectivity index (χ2n) is 6.29. The molecule has 0 aromatic carbocycles. The van der Waals surface area contributed by atoms with E-state index in [9.17, 15) is 9.59 Å². The summed E-state index contributed by atoms with van der Waals surface area (Å²) in [5.41, 5.74) is 0.879. The molecule has 0 aliphatic carbocycles. The molecule has 3 rings (SSSR count). The zero-order valence-corrected chi connectivity index (χ0v) is 16.6. The van der Waals surface area contributed by atoms with Crippen LogP contribution in [0.3, 0.4) is 0 Å². The molecule has 0 saturated carbocycles. The number of nitrogens with one attached hydrogen (secondary N) is 2. The number of carbonyl (C=O) groups is 1. The van der Waals surface area contributed by atoms with Gasteiger partial charge < -0.3 is 9.73 Å². The molecule has 8 nitrogen and oxygen atoms in total. The Morgan fingerprint density at radius 2 is 2.22 bits per heavy atom. The number of halogens is 1. The summed E-state index contributed by atoms with van der Waals surface area (Å²) < 4.78 is 6.81. The fraction of sp³-hybridized carbons (Fsp3) is 0.333. The van der Waals surface area contributed by atoms with Gasteiger partial charge in [0, 0.05) is 23.9 Å². The van der Waals surface area contributed by atoms with Crippen LogP contribution in [-0.2, 0) is 4.79 Å². The van der Waals surface area contributed by atoms with E-state index in [0.29, 0.717) is 35.8 Å². The number of hydrogen-bond acceptors (Lipinski definition) is 5. The summed E-state index contributed by atoms with van der Waals surface area (Å²) in [7, 11) is 0. The molecule has 0 saturated heterocycles. The Balaban J connectivity index is 2.05. The Morgan fingerprint density at radius 3 is 2.89 bits per heavy atom. The highest BCUT2D eigenvalue weighted by atomic mass is 79.9. The molecule has 1 amide bonds. The van der Waals surface area contributed by atoms with Gasteiger partial charge in [0.2, 0.25) is 11.9 Å². The quantitative estimate of drug-likeness (QED) is 0.554. The van der Waals surface area contributed by atoms with E-state index in [4.69, 9.17) is 4.42 Å². The van der Waals surface area contributed by atoms with Crippen molar-refractivity contribution in [3.8, 4) is 17.4 Å². The molecule has 0 aliphatic heterocycles. The largest absolute Gasteiger partial charge is 0.463 e. The smallest absolute Gasteiger partial charge is 0.252 e. The summed E-state index contributed by atoms with van der Waals surface area (Å²) in [6.45, 7) is 3.90. The van der Waals surface area contributed by atoms with E-state index in [1.165, 1.54) is 10.7 Å². The first kappa shape index (κ1) is 19.1. The van der Waals surface area contributed by atoms with Gasteiger partial charge in [0.25, 0.3) is 5.56 Å². The molecule has 0 atom stereocenters. The maximum Gasteiger partial charge on any atom is 0.252 e. The van der Waals surface area contributed by atoms with E-state index in [1.807, 2.05) is 13.8 Å². The van der Waals surface area contributed by atoms with Gasteiger partial charge in [0.05, 0.1) is 12.0 Å². The summed E-state index contributed by atoms with van der Waals surface area (Å²) >= 11 is 3.31. The maximum absolute atomic E-state index is 12.2. The van der Waals surface area contributed by atoms with Crippen molar-refractivity contribution < 1.29 is 9.21 Å². The third-order valence-corrected chi connectivity index (χ3v) is 4.39. The summed E-state index contributed by atoms with van der Waals surface area (Å²) in [4.78, 5) is 31.4. The number of aromatic amines is 1. The Hall–Kier alpha value is -2.68. The second kappa shape index (κ2) is 8.34. The number of aromatic nitrogens is 4. The molecule has 142 valence electrons. The van der Waals surface area contributed by atoms with Gasteiger partial charge in [0.1, 0.15) is 11.5 Å². The molecule has 0 spiro atoms. The van der Waals surface area contributed by atoms with E-state index in [1.54, 1.807) is 24.5 Å². The lowest BCUT2D eigenvalue weighted by Gasteiger charge is -2.10.